The molecule has 0 aliphatic heterocycles. The average Bonchev–Trinajstić information content (AvgIpc) is 2.78. The molecule has 0 radical (unpaired) electrons. The highest BCUT2D eigenvalue weighted by Gasteiger charge is 2.30. The summed E-state index contributed by atoms with van der Waals surface area (Å²) in [7, 11) is -3.94. The molecule has 3 rings (SSSR count). The van der Waals surface area contributed by atoms with Crippen molar-refractivity contribution in [2.75, 3.05) is 0 Å². The van der Waals surface area contributed by atoms with Crippen molar-refractivity contribution in [1.29, 1.82) is 0 Å². The second-order valence-electron chi connectivity index (χ2n) is 7.18. The molecule has 3 aromatic rings. The van der Waals surface area contributed by atoms with E-state index in [2.05, 4.69) is 15.0 Å². The average molecular weight is 493 g/mol. The number of azo groups is 1. The zero-order chi connectivity index (χ0) is 25.1. The Balaban J connectivity index is 1.69. The second kappa shape index (κ2) is 9.61. The van der Waals surface area contributed by atoms with Gasteiger partial charge in [-0.1, -0.05) is 12.1 Å². The number of sulfonamides is 1. The van der Waals surface area contributed by atoms with Crippen molar-refractivity contribution in [3.05, 3.63) is 82.9 Å². The number of hydrogen-bond acceptors (Lipinski definition) is 6. The molecule has 0 saturated heterocycles. The van der Waals surface area contributed by atoms with E-state index in [-0.39, 0.29) is 34.1 Å². The van der Waals surface area contributed by atoms with Crippen molar-refractivity contribution in [3.8, 4) is 5.75 Å². The lowest BCUT2D eigenvalue weighted by molar-refractivity contribution is -0.137. The number of phenols is 1. The second-order valence-corrected chi connectivity index (χ2v) is 8.94. The number of hydrogen-bond donors (Lipinski definition) is 3. The molecule has 0 aromatic heterocycles. The van der Waals surface area contributed by atoms with Gasteiger partial charge in [-0.05, 0) is 66.6 Å². The monoisotopic (exact) mass is 493 g/mol. The Kier molecular flexibility index (Phi) is 7.03. The predicted molar refractivity (Wildman–Crippen MR) is 116 cm³/mol. The summed E-state index contributed by atoms with van der Waals surface area (Å²) in [4.78, 5) is 11.1. The highest BCUT2D eigenvalue weighted by atomic mass is 32.2. The highest BCUT2D eigenvalue weighted by Crippen LogP contribution is 2.30. The molecule has 0 atom stereocenters. The minimum atomic E-state index is -4.48. The molecule has 8 nitrogen and oxygen atoms in total. The van der Waals surface area contributed by atoms with Gasteiger partial charge in [0, 0.05) is 6.54 Å². The number of carbonyl (C=O) groups is 1. The number of benzene rings is 3. The van der Waals surface area contributed by atoms with Crippen LogP contribution in [-0.4, -0.2) is 24.6 Å². The molecule has 3 N–H and O–H groups in total. The van der Waals surface area contributed by atoms with E-state index in [1.165, 1.54) is 49.4 Å². The maximum absolute atomic E-state index is 12.6. The highest BCUT2D eigenvalue weighted by molar-refractivity contribution is 7.89. The number of nitrogens with zero attached hydrogens (tertiary/aromatic N) is 2. The number of aromatic carboxylic acids is 1. The molecular weight excluding hydrogens is 475 g/mol. The van der Waals surface area contributed by atoms with E-state index in [0.29, 0.717) is 11.1 Å². The number of carboxylic acids is 1. The lowest BCUT2D eigenvalue weighted by Gasteiger charge is -2.09. The fourth-order valence-electron chi connectivity index (χ4n) is 2.86. The van der Waals surface area contributed by atoms with Crippen LogP contribution in [0.1, 0.15) is 27.0 Å². The number of nitrogens with one attached hydrogen (secondary N) is 1. The Hall–Kier alpha value is -3.77. The summed E-state index contributed by atoms with van der Waals surface area (Å²) in [6.45, 7) is 1.31. The summed E-state index contributed by atoms with van der Waals surface area (Å²) in [6, 6.07) is 12.0. The molecule has 178 valence electrons. The van der Waals surface area contributed by atoms with Crippen LogP contribution < -0.4 is 4.72 Å². The lowest BCUT2D eigenvalue weighted by Crippen LogP contribution is -2.23. The van der Waals surface area contributed by atoms with Crippen LogP contribution in [0.3, 0.4) is 0 Å². The number of carboxylic acid groups (broad SMARTS) is 1. The van der Waals surface area contributed by atoms with Gasteiger partial charge in [-0.3, -0.25) is 0 Å². The van der Waals surface area contributed by atoms with Crippen LogP contribution in [0.4, 0.5) is 24.5 Å². The number of aromatic hydroxyl groups is 1. The third-order valence-corrected chi connectivity index (χ3v) is 6.11. The minimum absolute atomic E-state index is 0.0907. The Bertz CT molecular complexity index is 1340. The fourth-order valence-corrected chi connectivity index (χ4v) is 3.88. The SMILES string of the molecule is Cc1cc(/N=N/c2ccc(S(=O)(=O)NCc3ccc(C(F)(F)F)cc3)cc2)cc(C(=O)O)c1O. The Morgan fingerprint density at radius 2 is 1.56 bits per heavy atom. The fraction of sp³-hybridized carbons (Fsp3) is 0.136. The van der Waals surface area contributed by atoms with E-state index >= 15 is 0 Å². The van der Waals surface area contributed by atoms with E-state index in [4.69, 9.17) is 5.11 Å². The quantitative estimate of drug-likeness (QED) is 0.384. The first-order chi connectivity index (χ1) is 15.9. The summed E-state index contributed by atoms with van der Waals surface area (Å²) in [5.41, 5.74) is -0.0340. The summed E-state index contributed by atoms with van der Waals surface area (Å²) in [5.74, 6) is -1.69. The van der Waals surface area contributed by atoms with Crippen LogP contribution in [0.15, 0.2) is 75.8 Å². The maximum Gasteiger partial charge on any atom is 0.416 e. The molecule has 0 aliphatic carbocycles. The summed E-state index contributed by atoms with van der Waals surface area (Å²) >= 11 is 0. The van der Waals surface area contributed by atoms with Gasteiger partial charge in [0.1, 0.15) is 11.3 Å². The third kappa shape index (κ3) is 5.97. The molecule has 0 fully saturated rings. The van der Waals surface area contributed by atoms with Gasteiger partial charge in [-0.25, -0.2) is 17.9 Å². The molecule has 0 unspecified atom stereocenters. The van der Waals surface area contributed by atoms with Crippen LogP contribution in [0, 0.1) is 6.92 Å². The van der Waals surface area contributed by atoms with E-state index in [0.717, 1.165) is 18.2 Å². The van der Waals surface area contributed by atoms with Crippen LogP contribution in [-0.2, 0) is 22.7 Å². The smallest absolute Gasteiger partial charge is 0.416 e. The lowest BCUT2D eigenvalue weighted by atomic mass is 10.1. The predicted octanol–water partition coefficient (Wildman–Crippen LogP) is 5.31. The van der Waals surface area contributed by atoms with Crippen molar-refractivity contribution in [3.63, 3.8) is 0 Å². The molecule has 0 bridgehead atoms. The Labute approximate surface area is 192 Å². The summed E-state index contributed by atoms with van der Waals surface area (Å²) in [6.07, 6.45) is -4.48. The van der Waals surface area contributed by atoms with Crippen molar-refractivity contribution in [2.45, 2.75) is 24.5 Å². The van der Waals surface area contributed by atoms with E-state index in [1.807, 2.05) is 0 Å². The first-order valence-electron chi connectivity index (χ1n) is 9.61. The first kappa shape index (κ1) is 24.9. The van der Waals surface area contributed by atoms with Gasteiger partial charge in [0.15, 0.2) is 0 Å². The summed E-state index contributed by atoms with van der Waals surface area (Å²) < 4.78 is 65.1. The standard InChI is InChI=1S/C22H18F3N3O5S/c1-13-10-17(11-19(20(13)29)21(30)31)28-27-16-6-8-18(9-7-16)34(32,33)26-12-14-2-4-15(5-3-14)22(23,24)25/h2-11,26,29H,12H2,1H3,(H,30,31)/b28-27+. The van der Waals surface area contributed by atoms with Gasteiger partial charge < -0.3 is 10.2 Å². The topological polar surface area (TPSA) is 128 Å². The van der Waals surface area contributed by atoms with Gasteiger partial charge in [0.25, 0.3) is 0 Å². The number of halogens is 3. The largest absolute Gasteiger partial charge is 0.507 e. The molecule has 0 heterocycles. The van der Waals surface area contributed by atoms with E-state index in [1.54, 1.807) is 0 Å². The molecule has 0 amide bonds. The number of aryl methyl sites for hydroxylation is 1. The first-order valence-corrected chi connectivity index (χ1v) is 11.1. The Morgan fingerprint density at radius 3 is 2.12 bits per heavy atom. The van der Waals surface area contributed by atoms with Gasteiger partial charge in [0.2, 0.25) is 10.0 Å². The van der Waals surface area contributed by atoms with Crippen molar-refractivity contribution in [1.82, 2.24) is 4.72 Å². The van der Waals surface area contributed by atoms with Crippen molar-refractivity contribution in [2.24, 2.45) is 10.2 Å². The molecule has 3 aromatic carbocycles. The molecular formula is C22H18F3N3O5S. The molecule has 0 aliphatic rings. The zero-order valence-corrected chi connectivity index (χ0v) is 18.4. The van der Waals surface area contributed by atoms with E-state index < -0.39 is 27.7 Å². The van der Waals surface area contributed by atoms with Crippen LogP contribution in [0.25, 0.3) is 0 Å². The van der Waals surface area contributed by atoms with Crippen molar-refractivity contribution < 1.29 is 36.6 Å². The van der Waals surface area contributed by atoms with Crippen LogP contribution in [0.5, 0.6) is 5.75 Å². The van der Waals surface area contributed by atoms with Gasteiger partial charge >= 0.3 is 12.1 Å². The summed E-state index contributed by atoms with van der Waals surface area (Å²) in [5, 5.41) is 26.8. The van der Waals surface area contributed by atoms with Crippen molar-refractivity contribution >= 4 is 27.4 Å². The van der Waals surface area contributed by atoms with E-state index in [9.17, 15) is 31.5 Å². The number of rotatable bonds is 7. The maximum atomic E-state index is 12.6. The zero-order valence-electron chi connectivity index (χ0n) is 17.5. The van der Waals surface area contributed by atoms with Gasteiger partial charge in [-0.2, -0.15) is 23.4 Å². The van der Waals surface area contributed by atoms with Gasteiger partial charge in [-0.15, -0.1) is 0 Å². The van der Waals surface area contributed by atoms with Gasteiger partial charge in [0.05, 0.1) is 21.8 Å². The molecule has 34 heavy (non-hydrogen) atoms. The normalized spacial score (nSPS) is 12.2. The third-order valence-electron chi connectivity index (χ3n) is 4.69. The van der Waals surface area contributed by atoms with Crippen LogP contribution >= 0.6 is 0 Å². The Morgan fingerprint density at radius 1 is 0.971 bits per heavy atom. The molecule has 0 spiro atoms. The number of alkyl halides is 3. The molecule has 12 heteroatoms. The van der Waals surface area contributed by atoms with Crippen LogP contribution in [0.2, 0.25) is 0 Å². The minimum Gasteiger partial charge on any atom is -0.507 e. The molecule has 0 saturated carbocycles.